The predicted molar refractivity (Wildman–Crippen MR) is 65.7 cm³/mol. The minimum Gasteiger partial charge on any atom is -0.317 e. The predicted octanol–water partition coefficient (Wildman–Crippen LogP) is 3.98. The average molecular weight is 199 g/mol. The van der Waals surface area contributed by atoms with Crippen molar-refractivity contribution >= 4 is 0 Å². The summed E-state index contributed by atoms with van der Waals surface area (Å²) in [5.41, 5.74) is 0. The van der Waals surface area contributed by atoms with Gasteiger partial charge in [0.25, 0.3) is 0 Å². The van der Waals surface area contributed by atoms with E-state index in [0.29, 0.717) is 0 Å². The first-order chi connectivity index (χ1) is 6.85. The van der Waals surface area contributed by atoms with Gasteiger partial charge in [0.1, 0.15) is 0 Å². The van der Waals surface area contributed by atoms with Crippen molar-refractivity contribution in [2.24, 2.45) is 5.92 Å². The number of nitrogens with one attached hydrogen (secondary N) is 1. The van der Waals surface area contributed by atoms with Gasteiger partial charge >= 0.3 is 0 Å². The Morgan fingerprint density at radius 3 is 2.14 bits per heavy atom. The lowest BCUT2D eigenvalue weighted by Gasteiger charge is -2.14. The number of rotatable bonds is 10. The summed E-state index contributed by atoms with van der Waals surface area (Å²) in [7, 11) is 0. The molecule has 14 heavy (non-hydrogen) atoms. The summed E-state index contributed by atoms with van der Waals surface area (Å²) in [4.78, 5) is 0. The fourth-order valence-corrected chi connectivity index (χ4v) is 1.78. The van der Waals surface area contributed by atoms with Gasteiger partial charge in [-0.15, -0.1) is 0 Å². The van der Waals surface area contributed by atoms with E-state index in [1.165, 1.54) is 58.0 Å². The molecule has 0 radical (unpaired) electrons. The Morgan fingerprint density at radius 2 is 1.57 bits per heavy atom. The normalized spacial score (nSPS) is 13.1. The van der Waals surface area contributed by atoms with Crippen molar-refractivity contribution in [2.75, 3.05) is 13.1 Å². The van der Waals surface area contributed by atoms with Crippen molar-refractivity contribution in [2.45, 2.75) is 65.7 Å². The maximum absolute atomic E-state index is 3.53. The summed E-state index contributed by atoms with van der Waals surface area (Å²) in [5, 5.41) is 3.53. The van der Waals surface area contributed by atoms with Gasteiger partial charge in [-0.05, 0) is 31.8 Å². The lowest BCUT2D eigenvalue weighted by molar-refractivity contribution is 0.409. The van der Waals surface area contributed by atoms with Gasteiger partial charge in [-0.3, -0.25) is 0 Å². The van der Waals surface area contributed by atoms with Crippen LogP contribution >= 0.6 is 0 Å². The van der Waals surface area contributed by atoms with E-state index >= 15 is 0 Å². The van der Waals surface area contributed by atoms with Gasteiger partial charge in [-0.1, -0.05) is 52.9 Å². The Bertz CT molecular complexity index is 101. The Labute approximate surface area is 90.7 Å². The lowest BCUT2D eigenvalue weighted by Crippen LogP contribution is -2.19. The molecule has 0 aliphatic rings. The summed E-state index contributed by atoms with van der Waals surface area (Å²) in [5.74, 6) is 0.962. The summed E-state index contributed by atoms with van der Waals surface area (Å²) < 4.78 is 0. The van der Waals surface area contributed by atoms with Crippen LogP contribution in [-0.4, -0.2) is 13.1 Å². The summed E-state index contributed by atoms with van der Waals surface area (Å²) in [6.45, 7) is 9.29. The minimum atomic E-state index is 0.962. The Hall–Kier alpha value is -0.0400. The molecule has 0 spiro atoms. The molecule has 1 heteroatoms. The van der Waals surface area contributed by atoms with Gasteiger partial charge < -0.3 is 5.32 Å². The molecule has 0 aromatic heterocycles. The maximum Gasteiger partial charge on any atom is -0.00463 e. The molecule has 1 unspecified atom stereocenters. The second-order valence-electron chi connectivity index (χ2n) is 4.31. The van der Waals surface area contributed by atoms with Gasteiger partial charge in [0.2, 0.25) is 0 Å². The topological polar surface area (TPSA) is 12.0 Å². The van der Waals surface area contributed by atoms with E-state index in [0.717, 1.165) is 5.92 Å². The molecule has 0 aromatic carbocycles. The quantitative estimate of drug-likeness (QED) is 0.525. The zero-order valence-electron chi connectivity index (χ0n) is 10.4. The van der Waals surface area contributed by atoms with Gasteiger partial charge in [0.15, 0.2) is 0 Å². The van der Waals surface area contributed by atoms with E-state index in [-0.39, 0.29) is 0 Å². The molecule has 1 atom stereocenters. The van der Waals surface area contributed by atoms with Crippen molar-refractivity contribution in [1.82, 2.24) is 5.32 Å². The molecule has 0 rings (SSSR count). The van der Waals surface area contributed by atoms with Crippen LogP contribution in [0, 0.1) is 5.92 Å². The largest absolute Gasteiger partial charge is 0.317 e. The smallest absolute Gasteiger partial charge is 0.00463 e. The second-order valence-corrected chi connectivity index (χ2v) is 4.31. The van der Waals surface area contributed by atoms with Crippen molar-refractivity contribution in [3.8, 4) is 0 Å². The van der Waals surface area contributed by atoms with Crippen LogP contribution in [-0.2, 0) is 0 Å². The molecule has 1 N–H and O–H groups in total. The van der Waals surface area contributed by atoms with Gasteiger partial charge in [-0.2, -0.15) is 0 Å². The fraction of sp³-hybridized carbons (Fsp3) is 1.00. The van der Waals surface area contributed by atoms with Crippen LogP contribution in [0.3, 0.4) is 0 Å². The van der Waals surface area contributed by atoms with Crippen LogP contribution in [0.5, 0.6) is 0 Å². The van der Waals surface area contributed by atoms with Crippen molar-refractivity contribution in [3.63, 3.8) is 0 Å². The zero-order valence-corrected chi connectivity index (χ0v) is 10.4. The van der Waals surface area contributed by atoms with Crippen molar-refractivity contribution in [3.05, 3.63) is 0 Å². The number of hydrogen-bond donors (Lipinski definition) is 1. The Morgan fingerprint density at radius 1 is 0.857 bits per heavy atom. The molecule has 0 saturated heterocycles. The van der Waals surface area contributed by atoms with Crippen LogP contribution in [0.4, 0.5) is 0 Å². The fourth-order valence-electron chi connectivity index (χ4n) is 1.78. The molecule has 0 saturated carbocycles. The van der Waals surface area contributed by atoms with Crippen LogP contribution in [0.25, 0.3) is 0 Å². The number of unbranched alkanes of at least 4 members (excludes halogenated alkanes) is 2. The van der Waals surface area contributed by atoms with Gasteiger partial charge in [-0.25, -0.2) is 0 Å². The summed E-state index contributed by atoms with van der Waals surface area (Å²) in [6, 6.07) is 0. The third-order valence-electron chi connectivity index (χ3n) is 2.98. The molecule has 0 bridgehead atoms. The molecule has 0 amide bonds. The first-order valence-corrected chi connectivity index (χ1v) is 6.55. The second kappa shape index (κ2) is 11.0. The van der Waals surface area contributed by atoms with E-state index in [4.69, 9.17) is 0 Å². The lowest BCUT2D eigenvalue weighted by atomic mass is 9.96. The molecule has 0 aromatic rings. The number of hydrogen-bond acceptors (Lipinski definition) is 1. The van der Waals surface area contributed by atoms with Crippen LogP contribution in [0.15, 0.2) is 0 Å². The zero-order chi connectivity index (χ0) is 10.6. The molecular weight excluding hydrogens is 170 g/mol. The van der Waals surface area contributed by atoms with E-state index in [2.05, 4.69) is 26.1 Å². The molecule has 0 aliphatic carbocycles. The maximum atomic E-state index is 3.53. The highest BCUT2D eigenvalue weighted by atomic mass is 14.8. The van der Waals surface area contributed by atoms with E-state index in [1.807, 2.05) is 0 Å². The van der Waals surface area contributed by atoms with E-state index < -0.39 is 0 Å². The van der Waals surface area contributed by atoms with Gasteiger partial charge in [0, 0.05) is 0 Å². The monoisotopic (exact) mass is 199 g/mol. The summed E-state index contributed by atoms with van der Waals surface area (Å²) >= 11 is 0. The van der Waals surface area contributed by atoms with E-state index in [9.17, 15) is 0 Å². The van der Waals surface area contributed by atoms with Crippen LogP contribution < -0.4 is 5.32 Å². The standard InChI is InChI=1S/C13H29N/c1-4-7-9-13(6-3)10-12-14-11-8-5-2/h13-14H,4-12H2,1-3H3. The third-order valence-corrected chi connectivity index (χ3v) is 2.98. The third kappa shape index (κ3) is 8.55. The highest BCUT2D eigenvalue weighted by Crippen LogP contribution is 2.15. The van der Waals surface area contributed by atoms with E-state index in [1.54, 1.807) is 0 Å². The first-order valence-electron chi connectivity index (χ1n) is 6.55. The molecule has 1 nitrogen and oxygen atoms in total. The molecular formula is C13H29N. The Balaban J connectivity index is 3.24. The highest BCUT2D eigenvalue weighted by Gasteiger charge is 2.04. The highest BCUT2D eigenvalue weighted by molar-refractivity contribution is 4.59. The van der Waals surface area contributed by atoms with Crippen LogP contribution in [0.2, 0.25) is 0 Å². The van der Waals surface area contributed by atoms with Crippen molar-refractivity contribution in [1.29, 1.82) is 0 Å². The summed E-state index contributed by atoms with van der Waals surface area (Å²) in [6.07, 6.45) is 9.55. The molecule has 86 valence electrons. The molecule has 0 aliphatic heterocycles. The van der Waals surface area contributed by atoms with Crippen molar-refractivity contribution < 1.29 is 0 Å². The SMILES string of the molecule is CCCCNCCC(CC)CCCC. The molecule has 0 heterocycles. The van der Waals surface area contributed by atoms with Crippen LogP contribution in [0.1, 0.15) is 65.7 Å². The average Bonchev–Trinajstić information content (AvgIpc) is 2.22. The first kappa shape index (κ1) is 14.0. The molecule has 0 fully saturated rings. The minimum absolute atomic E-state index is 0.962. The van der Waals surface area contributed by atoms with Gasteiger partial charge in [0.05, 0.1) is 0 Å². The Kier molecular flexibility index (Phi) is 11.0.